The van der Waals surface area contributed by atoms with Crippen LogP contribution in [0.1, 0.15) is 12.8 Å². The molecule has 3 N–H and O–H groups in total. The second kappa shape index (κ2) is 5.36. The molecule has 1 saturated heterocycles. The number of nitrogens with one attached hydrogen (secondary N) is 2. The van der Waals surface area contributed by atoms with Gasteiger partial charge in [0.05, 0.1) is 10.5 Å². The summed E-state index contributed by atoms with van der Waals surface area (Å²) in [6.45, 7) is 1.33. The van der Waals surface area contributed by atoms with Crippen molar-refractivity contribution < 1.29 is 13.5 Å². The van der Waals surface area contributed by atoms with E-state index in [-0.39, 0.29) is 11.4 Å². The van der Waals surface area contributed by atoms with Crippen LogP contribution in [0.3, 0.4) is 0 Å². The summed E-state index contributed by atoms with van der Waals surface area (Å²) in [7, 11) is -3.54. The van der Waals surface area contributed by atoms with E-state index in [1.165, 1.54) is 12.1 Å². The van der Waals surface area contributed by atoms with Gasteiger partial charge in [0.1, 0.15) is 0 Å². The molecule has 5 nitrogen and oxygen atoms in total. The van der Waals surface area contributed by atoms with Gasteiger partial charge in [-0.2, -0.15) is 0 Å². The van der Waals surface area contributed by atoms with E-state index >= 15 is 0 Å². The summed E-state index contributed by atoms with van der Waals surface area (Å²) in [6.07, 6.45) is 1.46. The molecule has 0 aliphatic carbocycles. The highest BCUT2D eigenvalue weighted by molar-refractivity contribution is 7.89. The van der Waals surface area contributed by atoms with Crippen molar-refractivity contribution in [2.75, 3.05) is 19.6 Å². The lowest BCUT2D eigenvalue weighted by atomic mass is 9.95. The Balaban J connectivity index is 2.01. The van der Waals surface area contributed by atoms with Gasteiger partial charge < -0.3 is 10.4 Å². The molecule has 100 valence electrons. The van der Waals surface area contributed by atoms with Crippen molar-refractivity contribution in [1.29, 1.82) is 0 Å². The van der Waals surface area contributed by atoms with Gasteiger partial charge in [0.25, 0.3) is 0 Å². The van der Waals surface area contributed by atoms with E-state index < -0.39 is 15.6 Å². The van der Waals surface area contributed by atoms with Crippen LogP contribution in [0.5, 0.6) is 0 Å². The number of benzene rings is 1. The molecule has 2 rings (SSSR count). The second-order valence-electron chi connectivity index (χ2n) is 4.64. The first kappa shape index (κ1) is 13.5. The maximum atomic E-state index is 12.0. The molecule has 0 radical (unpaired) electrons. The first-order valence-electron chi connectivity index (χ1n) is 6.00. The topological polar surface area (TPSA) is 78.4 Å². The van der Waals surface area contributed by atoms with Crippen LogP contribution in [0.4, 0.5) is 0 Å². The zero-order valence-electron chi connectivity index (χ0n) is 10.1. The molecule has 1 atom stereocenters. The molecule has 18 heavy (non-hydrogen) atoms. The number of piperidine rings is 1. The third kappa shape index (κ3) is 3.29. The normalized spacial score (nSPS) is 24.9. The minimum absolute atomic E-state index is 0.0389. The minimum Gasteiger partial charge on any atom is -0.387 e. The third-order valence-electron chi connectivity index (χ3n) is 3.09. The van der Waals surface area contributed by atoms with Gasteiger partial charge in [-0.15, -0.1) is 0 Å². The lowest BCUT2D eigenvalue weighted by molar-refractivity contribution is 0.0218. The molecule has 1 fully saturated rings. The summed E-state index contributed by atoms with van der Waals surface area (Å²) >= 11 is 0. The minimum atomic E-state index is -3.54. The van der Waals surface area contributed by atoms with Crippen LogP contribution in [-0.2, 0) is 10.0 Å². The average Bonchev–Trinajstić information content (AvgIpc) is 2.39. The Morgan fingerprint density at radius 2 is 2.06 bits per heavy atom. The van der Waals surface area contributed by atoms with Gasteiger partial charge >= 0.3 is 0 Å². The fourth-order valence-electron chi connectivity index (χ4n) is 2.02. The van der Waals surface area contributed by atoms with Gasteiger partial charge in [-0.1, -0.05) is 18.2 Å². The van der Waals surface area contributed by atoms with E-state index in [9.17, 15) is 13.5 Å². The fraction of sp³-hybridized carbons (Fsp3) is 0.500. The van der Waals surface area contributed by atoms with Crippen molar-refractivity contribution in [2.24, 2.45) is 0 Å². The van der Waals surface area contributed by atoms with Gasteiger partial charge in [-0.25, -0.2) is 13.1 Å². The monoisotopic (exact) mass is 270 g/mol. The van der Waals surface area contributed by atoms with E-state index in [0.29, 0.717) is 13.0 Å². The highest BCUT2D eigenvalue weighted by Gasteiger charge is 2.30. The number of rotatable bonds is 4. The molecule has 0 saturated carbocycles. The molecule has 1 aliphatic heterocycles. The lowest BCUT2D eigenvalue weighted by Gasteiger charge is -2.32. The Bertz CT molecular complexity index is 481. The Hall–Kier alpha value is -0.950. The second-order valence-corrected chi connectivity index (χ2v) is 6.41. The Kier molecular flexibility index (Phi) is 4.01. The molecule has 6 heteroatoms. The quantitative estimate of drug-likeness (QED) is 0.724. The maximum Gasteiger partial charge on any atom is 0.240 e. The van der Waals surface area contributed by atoms with Gasteiger partial charge in [0, 0.05) is 13.1 Å². The highest BCUT2D eigenvalue weighted by atomic mass is 32.2. The van der Waals surface area contributed by atoms with Crippen molar-refractivity contribution in [3.05, 3.63) is 30.3 Å². The Labute approximate surface area is 107 Å². The van der Waals surface area contributed by atoms with E-state index in [4.69, 9.17) is 0 Å². The van der Waals surface area contributed by atoms with Crippen LogP contribution in [0, 0.1) is 0 Å². The smallest absolute Gasteiger partial charge is 0.240 e. The summed E-state index contributed by atoms with van der Waals surface area (Å²) < 4.78 is 26.4. The van der Waals surface area contributed by atoms with E-state index in [1.54, 1.807) is 18.2 Å². The molecule has 0 aromatic heterocycles. The van der Waals surface area contributed by atoms with Crippen molar-refractivity contribution in [2.45, 2.75) is 23.3 Å². The number of β-amino-alcohol motifs (C(OH)–C–C–N with tert-alkyl or cyclic N) is 1. The van der Waals surface area contributed by atoms with Crippen molar-refractivity contribution in [3.63, 3.8) is 0 Å². The van der Waals surface area contributed by atoms with Gasteiger partial charge in [0.2, 0.25) is 10.0 Å². The SMILES string of the molecule is O=S(=O)(NC[C@@]1(O)CCCNC1)c1ccccc1. The Morgan fingerprint density at radius 3 is 2.67 bits per heavy atom. The summed E-state index contributed by atoms with van der Waals surface area (Å²) in [5.41, 5.74) is -0.986. The van der Waals surface area contributed by atoms with Crippen molar-refractivity contribution >= 4 is 10.0 Å². The van der Waals surface area contributed by atoms with E-state index in [2.05, 4.69) is 10.0 Å². The fourth-order valence-corrected chi connectivity index (χ4v) is 3.16. The van der Waals surface area contributed by atoms with Crippen molar-refractivity contribution in [1.82, 2.24) is 10.0 Å². The van der Waals surface area contributed by atoms with Crippen LogP contribution < -0.4 is 10.0 Å². The zero-order chi connectivity index (χ0) is 13.1. The molecule has 0 bridgehead atoms. The van der Waals surface area contributed by atoms with Gasteiger partial charge in [0.15, 0.2) is 0 Å². The molecule has 0 amide bonds. The molecular formula is C12H18N2O3S. The first-order chi connectivity index (χ1) is 8.52. The summed E-state index contributed by atoms with van der Waals surface area (Å²) in [5.74, 6) is 0. The molecule has 1 heterocycles. The molecular weight excluding hydrogens is 252 g/mol. The van der Waals surface area contributed by atoms with E-state index in [1.807, 2.05) is 0 Å². The molecule has 1 aliphatic rings. The van der Waals surface area contributed by atoms with Gasteiger partial charge in [-0.05, 0) is 31.5 Å². The van der Waals surface area contributed by atoms with Crippen LogP contribution >= 0.6 is 0 Å². The third-order valence-corrected chi connectivity index (χ3v) is 4.51. The zero-order valence-corrected chi connectivity index (χ0v) is 10.9. The van der Waals surface area contributed by atoms with Crippen LogP contribution in [0.2, 0.25) is 0 Å². The maximum absolute atomic E-state index is 12.0. The van der Waals surface area contributed by atoms with E-state index in [0.717, 1.165) is 13.0 Å². The summed E-state index contributed by atoms with van der Waals surface area (Å²) in [6, 6.07) is 8.17. The van der Waals surface area contributed by atoms with Crippen molar-refractivity contribution in [3.8, 4) is 0 Å². The first-order valence-corrected chi connectivity index (χ1v) is 7.48. The molecule has 1 aromatic carbocycles. The molecule has 1 aromatic rings. The predicted molar refractivity (Wildman–Crippen MR) is 68.7 cm³/mol. The average molecular weight is 270 g/mol. The number of hydrogen-bond acceptors (Lipinski definition) is 4. The van der Waals surface area contributed by atoms with Crippen LogP contribution in [0.15, 0.2) is 35.2 Å². The largest absolute Gasteiger partial charge is 0.387 e. The van der Waals surface area contributed by atoms with Crippen LogP contribution in [0.25, 0.3) is 0 Å². The van der Waals surface area contributed by atoms with Crippen LogP contribution in [-0.4, -0.2) is 38.8 Å². The van der Waals surface area contributed by atoms with Gasteiger partial charge in [-0.3, -0.25) is 0 Å². The summed E-state index contributed by atoms with van der Waals surface area (Å²) in [4.78, 5) is 0.220. The number of aliphatic hydroxyl groups is 1. The number of hydrogen-bond donors (Lipinski definition) is 3. The standard InChI is InChI=1S/C12H18N2O3S/c15-12(7-4-8-13-9-12)10-14-18(16,17)11-5-2-1-3-6-11/h1-3,5-6,13-15H,4,7-10H2/t12-/m1/s1. The molecule has 0 unspecified atom stereocenters. The predicted octanol–water partition coefficient (Wildman–Crippen LogP) is 0.0794. The lowest BCUT2D eigenvalue weighted by Crippen LogP contribution is -2.52. The highest BCUT2D eigenvalue weighted by Crippen LogP contribution is 2.16. The number of sulfonamides is 1. The summed E-state index contributed by atoms with van der Waals surface area (Å²) in [5, 5.41) is 13.3. The molecule has 0 spiro atoms. The Morgan fingerprint density at radius 1 is 1.33 bits per heavy atom.